The van der Waals surface area contributed by atoms with Gasteiger partial charge in [-0.25, -0.2) is 22.7 Å². The van der Waals surface area contributed by atoms with Crippen molar-refractivity contribution < 1.29 is 27.5 Å². The van der Waals surface area contributed by atoms with Crippen LogP contribution in [0.15, 0.2) is 12.2 Å². The molecule has 0 radical (unpaired) electrons. The number of carbonyl (C=O) groups excluding carboxylic acids is 2. The highest BCUT2D eigenvalue weighted by atomic mass is 32.2. The Balaban J connectivity index is 3.90. The van der Waals surface area contributed by atoms with E-state index in [4.69, 9.17) is 0 Å². The van der Waals surface area contributed by atoms with Crippen LogP contribution in [0.5, 0.6) is 0 Å². The number of hydrogen-bond acceptors (Lipinski definition) is 6. The van der Waals surface area contributed by atoms with E-state index < -0.39 is 27.2 Å². The fourth-order valence-electron chi connectivity index (χ4n) is 0.754. The summed E-state index contributed by atoms with van der Waals surface area (Å²) in [4.78, 5) is 21.7. The lowest BCUT2D eigenvalue weighted by atomic mass is 10.5. The molecule has 0 aliphatic rings. The molecule has 8 heteroatoms. The van der Waals surface area contributed by atoms with Crippen LogP contribution in [-0.2, 0) is 29.1 Å². The maximum absolute atomic E-state index is 11.3. The van der Waals surface area contributed by atoms with E-state index in [1.807, 2.05) is 0 Å². The predicted octanol–water partition coefficient (Wildman–Crippen LogP) is -0.413. The van der Waals surface area contributed by atoms with Gasteiger partial charge in [0, 0.05) is 18.7 Å². The van der Waals surface area contributed by atoms with Crippen molar-refractivity contribution >= 4 is 22.0 Å². The molecule has 0 saturated heterocycles. The molecule has 0 aromatic rings. The molecule has 0 aromatic heterocycles. The van der Waals surface area contributed by atoms with Gasteiger partial charge < -0.3 is 9.47 Å². The van der Waals surface area contributed by atoms with Crippen LogP contribution in [0.25, 0.3) is 0 Å². The van der Waals surface area contributed by atoms with Gasteiger partial charge in [0.1, 0.15) is 6.61 Å². The number of hydrogen-bond donors (Lipinski definition) is 1. The quantitative estimate of drug-likeness (QED) is 0.386. The van der Waals surface area contributed by atoms with E-state index in [0.29, 0.717) is 0 Å². The zero-order valence-corrected chi connectivity index (χ0v) is 11.3. The first-order valence-electron chi connectivity index (χ1n) is 5.21. The third-order valence-corrected chi connectivity index (χ3v) is 3.67. The minimum Gasteiger partial charge on any atom is -0.466 e. The molecule has 1 N–H and O–H groups in total. The highest BCUT2D eigenvalue weighted by Gasteiger charge is 2.14. The van der Waals surface area contributed by atoms with Gasteiger partial charge in [-0.3, -0.25) is 0 Å². The molecule has 0 saturated carbocycles. The average Bonchev–Trinajstić information content (AvgIpc) is 2.31. The van der Waals surface area contributed by atoms with Crippen molar-refractivity contribution in [1.29, 1.82) is 0 Å². The van der Waals surface area contributed by atoms with Gasteiger partial charge in [0.05, 0.1) is 12.4 Å². The molecule has 0 aliphatic carbocycles. The summed E-state index contributed by atoms with van der Waals surface area (Å²) in [5, 5.41) is -0.549. The lowest BCUT2D eigenvalue weighted by molar-refractivity contribution is -0.139. The van der Waals surface area contributed by atoms with Crippen LogP contribution in [-0.4, -0.2) is 45.9 Å². The fourth-order valence-corrected chi connectivity index (χ4v) is 1.46. The number of methoxy groups -OCH3 is 1. The van der Waals surface area contributed by atoms with Gasteiger partial charge >= 0.3 is 11.9 Å². The van der Waals surface area contributed by atoms with Crippen LogP contribution < -0.4 is 4.72 Å². The summed E-state index contributed by atoms with van der Waals surface area (Å²) in [5.74, 6) is -1.42. The maximum Gasteiger partial charge on any atom is 0.331 e. The van der Waals surface area contributed by atoms with E-state index in [-0.39, 0.29) is 13.2 Å². The van der Waals surface area contributed by atoms with Gasteiger partial charge in [-0.05, 0) is 13.8 Å². The number of sulfonamides is 1. The van der Waals surface area contributed by atoms with Crippen LogP contribution in [0.3, 0.4) is 0 Å². The lowest BCUT2D eigenvalue weighted by Gasteiger charge is -2.08. The number of nitrogens with one attached hydrogen (secondary N) is 1. The van der Waals surface area contributed by atoms with Crippen molar-refractivity contribution in [3.63, 3.8) is 0 Å². The highest BCUT2D eigenvalue weighted by Crippen LogP contribution is 1.94. The van der Waals surface area contributed by atoms with Gasteiger partial charge in [-0.2, -0.15) is 0 Å². The molecule has 7 nitrogen and oxygen atoms in total. The SMILES string of the molecule is COC(=O)/C=C/C(=O)OCCNS(=O)(=O)C(C)C. The van der Waals surface area contributed by atoms with Gasteiger partial charge in [0.25, 0.3) is 0 Å². The van der Waals surface area contributed by atoms with Crippen molar-refractivity contribution in [2.24, 2.45) is 0 Å². The van der Waals surface area contributed by atoms with Gasteiger partial charge in [0.15, 0.2) is 0 Å². The summed E-state index contributed by atoms with van der Waals surface area (Å²) in [6, 6.07) is 0. The van der Waals surface area contributed by atoms with E-state index in [1.165, 1.54) is 21.0 Å². The summed E-state index contributed by atoms with van der Waals surface area (Å²) in [5.41, 5.74) is 0. The Morgan fingerprint density at radius 2 is 1.78 bits per heavy atom. The van der Waals surface area contributed by atoms with Crippen LogP contribution in [0, 0.1) is 0 Å². The minimum absolute atomic E-state index is 0.0156. The standard InChI is InChI=1S/C10H17NO6S/c1-8(2)18(14,15)11-6-7-17-10(13)5-4-9(12)16-3/h4-5,8,11H,6-7H2,1-3H3/b5-4+. The summed E-state index contributed by atoms with van der Waals surface area (Å²) < 4.78 is 33.8. The molecule has 0 heterocycles. The Hall–Kier alpha value is -1.41. The van der Waals surface area contributed by atoms with E-state index in [0.717, 1.165) is 12.2 Å². The Morgan fingerprint density at radius 3 is 2.28 bits per heavy atom. The molecule has 0 aromatic carbocycles. The van der Waals surface area contributed by atoms with Gasteiger partial charge in [-0.15, -0.1) is 0 Å². The van der Waals surface area contributed by atoms with Crippen molar-refractivity contribution in [1.82, 2.24) is 4.72 Å². The number of carbonyl (C=O) groups is 2. The average molecular weight is 279 g/mol. The third kappa shape index (κ3) is 7.02. The van der Waals surface area contributed by atoms with Crippen LogP contribution >= 0.6 is 0 Å². The molecule has 0 rings (SSSR count). The third-order valence-electron chi connectivity index (χ3n) is 1.83. The second-order valence-corrected chi connectivity index (χ2v) is 5.83. The molecule has 0 atom stereocenters. The fraction of sp³-hybridized carbons (Fsp3) is 0.600. The second kappa shape index (κ2) is 7.83. The summed E-state index contributed by atoms with van der Waals surface area (Å²) in [6.45, 7) is 2.94. The molecule has 104 valence electrons. The molecule has 18 heavy (non-hydrogen) atoms. The first-order valence-corrected chi connectivity index (χ1v) is 6.75. The van der Waals surface area contributed by atoms with Crippen LogP contribution in [0.4, 0.5) is 0 Å². The zero-order valence-electron chi connectivity index (χ0n) is 10.5. The van der Waals surface area contributed by atoms with E-state index in [9.17, 15) is 18.0 Å². The molecular weight excluding hydrogens is 262 g/mol. The van der Waals surface area contributed by atoms with Crippen molar-refractivity contribution in [2.75, 3.05) is 20.3 Å². The molecule has 0 fully saturated rings. The maximum atomic E-state index is 11.3. The molecule has 0 spiro atoms. The van der Waals surface area contributed by atoms with Crippen molar-refractivity contribution in [3.05, 3.63) is 12.2 Å². The Bertz CT molecular complexity index is 412. The lowest BCUT2D eigenvalue weighted by Crippen LogP contribution is -2.33. The smallest absolute Gasteiger partial charge is 0.331 e. The van der Waals surface area contributed by atoms with Crippen molar-refractivity contribution in [2.45, 2.75) is 19.1 Å². The van der Waals surface area contributed by atoms with Crippen LogP contribution in [0.2, 0.25) is 0 Å². The number of esters is 2. The molecule has 0 bridgehead atoms. The van der Waals surface area contributed by atoms with E-state index in [1.54, 1.807) is 0 Å². The Labute approximate surface area is 106 Å². The Morgan fingerprint density at radius 1 is 1.22 bits per heavy atom. The van der Waals surface area contributed by atoms with Gasteiger partial charge in [0.2, 0.25) is 10.0 Å². The summed E-state index contributed by atoms with van der Waals surface area (Å²) in [7, 11) is -2.18. The largest absolute Gasteiger partial charge is 0.466 e. The van der Waals surface area contributed by atoms with E-state index >= 15 is 0 Å². The number of ether oxygens (including phenoxy) is 2. The first kappa shape index (κ1) is 16.6. The molecular formula is C10H17NO6S. The summed E-state index contributed by atoms with van der Waals surface area (Å²) in [6.07, 6.45) is 1.82. The number of rotatable bonds is 7. The van der Waals surface area contributed by atoms with E-state index in [2.05, 4.69) is 14.2 Å². The molecule has 0 unspecified atom stereocenters. The second-order valence-electron chi connectivity index (χ2n) is 3.51. The Kier molecular flexibility index (Phi) is 7.21. The first-order chi connectivity index (χ1) is 8.29. The molecule has 0 aliphatic heterocycles. The highest BCUT2D eigenvalue weighted by molar-refractivity contribution is 7.90. The monoisotopic (exact) mass is 279 g/mol. The van der Waals surface area contributed by atoms with Crippen LogP contribution in [0.1, 0.15) is 13.8 Å². The summed E-state index contributed by atoms with van der Waals surface area (Å²) >= 11 is 0. The molecule has 0 amide bonds. The van der Waals surface area contributed by atoms with Gasteiger partial charge in [-0.1, -0.05) is 0 Å². The topological polar surface area (TPSA) is 98.8 Å². The minimum atomic E-state index is -3.36. The van der Waals surface area contributed by atoms with Crippen molar-refractivity contribution in [3.8, 4) is 0 Å². The normalized spacial score (nSPS) is 11.8. The zero-order chi connectivity index (χ0) is 14.2. The predicted molar refractivity (Wildman–Crippen MR) is 64.2 cm³/mol.